The van der Waals surface area contributed by atoms with Crippen LogP contribution in [0.3, 0.4) is 0 Å². The summed E-state index contributed by atoms with van der Waals surface area (Å²) in [5, 5.41) is 2.71. The second-order valence-corrected chi connectivity index (χ2v) is 4.33. The van der Waals surface area contributed by atoms with Gasteiger partial charge in [-0.05, 0) is 19.3 Å². The molecule has 1 aliphatic heterocycles. The number of hydrogen-bond acceptors (Lipinski definition) is 4. The molecule has 1 aliphatic rings. The lowest BCUT2D eigenvalue weighted by molar-refractivity contribution is -0.145. The third-order valence-electron chi connectivity index (χ3n) is 2.41. The molecule has 1 fully saturated rings. The predicted octanol–water partition coefficient (Wildman–Crippen LogP) is 1.46. The van der Waals surface area contributed by atoms with E-state index in [1.54, 1.807) is 6.92 Å². The van der Waals surface area contributed by atoms with Gasteiger partial charge in [0, 0.05) is 0 Å². The van der Waals surface area contributed by atoms with Crippen molar-refractivity contribution in [3.63, 3.8) is 0 Å². The quantitative estimate of drug-likeness (QED) is 0.725. The molecule has 0 radical (unpaired) electrons. The van der Waals surface area contributed by atoms with E-state index in [2.05, 4.69) is 19.2 Å². The molecule has 0 aliphatic carbocycles. The fraction of sp³-hybridized carbons (Fsp3) is 0.818. The van der Waals surface area contributed by atoms with Crippen molar-refractivity contribution in [2.75, 3.05) is 6.61 Å². The molecule has 1 heterocycles. The second-order valence-electron chi connectivity index (χ2n) is 4.33. The number of esters is 1. The zero-order chi connectivity index (χ0) is 12.1. The highest BCUT2D eigenvalue weighted by molar-refractivity contribution is 5.74. The Hall–Kier alpha value is -1.26. The van der Waals surface area contributed by atoms with Crippen LogP contribution in [0.2, 0.25) is 0 Å². The molecule has 0 spiro atoms. The maximum atomic E-state index is 11.3. The molecule has 5 heteroatoms. The van der Waals surface area contributed by atoms with Crippen LogP contribution < -0.4 is 5.32 Å². The Morgan fingerprint density at radius 3 is 2.81 bits per heavy atom. The average molecular weight is 229 g/mol. The molecule has 0 unspecified atom stereocenters. The van der Waals surface area contributed by atoms with Crippen molar-refractivity contribution in [3.8, 4) is 0 Å². The van der Waals surface area contributed by atoms with Crippen LogP contribution in [0.25, 0.3) is 0 Å². The lowest BCUT2D eigenvalue weighted by atomic mass is 9.98. The van der Waals surface area contributed by atoms with E-state index < -0.39 is 12.2 Å². The number of amides is 1. The number of ether oxygens (including phenoxy) is 2. The maximum absolute atomic E-state index is 11.3. The van der Waals surface area contributed by atoms with Crippen molar-refractivity contribution >= 4 is 12.1 Å². The third kappa shape index (κ3) is 3.72. The largest absolute Gasteiger partial charge is 0.466 e. The first-order valence-corrected chi connectivity index (χ1v) is 5.65. The standard InChI is InChI=1S/C11H19NO4/c1-4-15-10(13)6-9-8(5-7(2)3)12-11(14)16-9/h7-9H,4-6H2,1-3H3,(H,12,14)/t8-,9-/m1/s1. The van der Waals surface area contributed by atoms with Crippen molar-refractivity contribution in [1.29, 1.82) is 0 Å². The van der Waals surface area contributed by atoms with Gasteiger partial charge in [0.05, 0.1) is 19.1 Å². The number of rotatable bonds is 5. The molecule has 0 bridgehead atoms. The minimum absolute atomic E-state index is 0.0862. The minimum atomic E-state index is -0.444. The van der Waals surface area contributed by atoms with Crippen LogP contribution in [0.15, 0.2) is 0 Å². The van der Waals surface area contributed by atoms with Crippen LogP contribution in [0.4, 0.5) is 4.79 Å². The minimum Gasteiger partial charge on any atom is -0.466 e. The van der Waals surface area contributed by atoms with E-state index in [0.29, 0.717) is 12.5 Å². The summed E-state index contributed by atoms with van der Waals surface area (Å²) in [7, 11) is 0. The van der Waals surface area contributed by atoms with Gasteiger partial charge in [-0.25, -0.2) is 4.79 Å². The maximum Gasteiger partial charge on any atom is 0.407 e. The first-order chi connectivity index (χ1) is 7.52. The number of carbonyl (C=O) groups is 2. The van der Waals surface area contributed by atoms with Gasteiger partial charge in [0.1, 0.15) is 6.10 Å². The molecule has 1 N–H and O–H groups in total. The Balaban J connectivity index is 2.49. The molecular weight excluding hydrogens is 210 g/mol. The molecule has 1 rings (SSSR count). The highest BCUT2D eigenvalue weighted by Crippen LogP contribution is 2.19. The topological polar surface area (TPSA) is 64.6 Å². The highest BCUT2D eigenvalue weighted by atomic mass is 16.6. The molecular formula is C11H19NO4. The summed E-state index contributed by atoms with van der Waals surface area (Å²) in [5.41, 5.74) is 0. The van der Waals surface area contributed by atoms with E-state index >= 15 is 0 Å². The second kappa shape index (κ2) is 5.72. The van der Waals surface area contributed by atoms with Crippen LogP contribution in [-0.4, -0.2) is 30.8 Å². The van der Waals surface area contributed by atoms with Gasteiger partial charge < -0.3 is 14.8 Å². The van der Waals surface area contributed by atoms with Crippen molar-refractivity contribution in [2.24, 2.45) is 5.92 Å². The molecule has 92 valence electrons. The lowest BCUT2D eigenvalue weighted by Gasteiger charge is -2.17. The molecule has 5 nitrogen and oxygen atoms in total. The normalized spacial score (nSPS) is 24.1. The Bertz CT molecular complexity index is 265. The first kappa shape index (κ1) is 12.8. The molecule has 0 aromatic rings. The van der Waals surface area contributed by atoms with Gasteiger partial charge in [-0.2, -0.15) is 0 Å². The summed E-state index contributed by atoms with van der Waals surface area (Å²) in [6.07, 6.45) is 0.0914. The van der Waals surface area contributed by atoms with Gasteiger partial charge >= 0.3 is 12.1 Å². The predicted molar refractivity (Wildman–Crippen MR) is 57.9 cm³/mol. The molecule has 2 atom stereocenters. The highest BCUT2D eigenvalue weighted by Gasteiger charge is 2.35. The third-order valence-corrected chi connectivity index (χ3v) is 2.41. The molecule has 16 heavy (non-hydrogen) atoms. The van der Waals surface area contributed by atoms with Crippen molar-refractivity contribution in [2.45, 2.75) is 45.8 Å². The van der Waals surface area contributed by atoms with Crippen LogP contribution in [0.5, 0.6) is 0 Å². The van der Waals surface area contributed by atoms with Crippen molar-refractivity contribution in [3.05, 3.63) is 0 Å². The van der Waals surface area contributed by atoms with Gasteiger partial charge in [-0.3, -0.25) is 4.79 Å². The summed E-state index contributed by atoms with van der Waals surface area (Å²) in [6, 6.07) is -0.0862. The monoisotopic (exact) mass is 229 g/mol. The van der Waals surface area contributed by atoms with E-state index in [9.17, 15) is 9.59 Å². The zero-order valence-corrected chi connectivity index (χ0v) is 9.99. The van der Waals surface area contributed by atoms with Crippen molar-refractivity contribution in [1.82, 2.24) is 5.32 Å². The number of alkyl carbamates (subject to hydrolysis) is 1. The van der Waals surface area contributed by atoms with E-state index in [-0.39, 0.29) is 18.4 Å². The number of cyclic esters (lactones) is 1. The van der Waals surface area contributed by atoms with Crippen LogP contribution in [0, 0.1) is 5.92 Å². The Kier molecular flexibility index (Phi) is 4.58. The molecule has 0 aromatic carbocycles. The van der Waals surface area contributed by atoms with Gasteiger partial charge in [0.25, 0.3) is 0 Å². The fourth-order valence-electron chi connectivity index (χ4n) is 1.78. The van der Waals surface area contributed by atoms with Gasteiger partial charge in [0.2, 0.25) is 0 Å². The summed E-state index contributed by atoms with van der Waals surface area (Å²) >= 11 is 0. The van der Waals surface area contributed by atoms with Crippen molar-refractivity contribution < 1.29 is 19.1 Å². The summed E-state index contributed by atoms with van der Waals surface area (Å²) in [5.74, 6) is 0.120. The van der Waals surface area contributed by atoms with E-state index in [1.165, 1.54) is 0 Å². The number of carbonyl (C=O) groups excluding carboxylic acids is 2. The first-order valence-electron chi connectivity index (χ1n) is 5.65. The van der Waals surface area contributed by atoms with Gasteiger partial charge in [-0.15, -0.1) is 0 Å². The Morgan fingerprint density at radius 2 is 2.25 bits per heavy atom. The molecule has 1 saturated heterocycles. The fourth-order valence-corrected chi connectivity index (χ4v) is 1.78. The van der Waals surface area contributed by atoms with E-state index in [1.807, 2.05) is 0 Å². The van der Waals surface area contributed by atoms with E-state index in [4.69, 9.17) is 9.47 Å². The summed E-state index contributed by atoms with van der Waals surface area (Å²) < 4.78 is 9.88. The zero-order valence-electron chi connectivity index (χ0n) is 9.99. The molecule has 0 aromatic heterocycles. The van der Waals surface area contributed by atoms with E-state index in [0.717, 1.165) is 6.42 Å². The Morgan fingerprint density at radius 1 is 1.56 bits per heavy atom. The summed E-state index contributed by atoms with van der Waals surface area (Å²) in [6.45, 7) is 6.22. The van der Waals surface area contributed by atoms with Gasteiger partial charge in [0.15, 0.2) is 0 Å². The smallest absolute Gasteiger partial charge is 0.407 e. The Labute approximate surface area is 95.5 Å². The molecule has 1 amide bonds. The van der Waals surface area contributed by atoms with Gasteiger partial charge in [-0.1, -0.05) is 13.8 Å². The van der Waals surface area contributed by atoms with Crippen LogP contribution >= 0.6 is 0 Å². The number of nitrogens with one attached hydrogen (secondary N) is 1. The van der Waals surface area contributed by atoms with Crippen LogP contribution in [0.1, 0.15) is 33.6 Å². The SMILES string of the molecule is CCOC(=O)C[C@H]1OC(=O)N[C@@H]1CC(C)C. The average Bonchev–Trinajstić information content (AvgIpc) is 2.45. The molecule has 0 saturated carbocycles. The van der Waals surface area contributed by atoms with Crippen LogP contribution in [-0.2, 0) is 14.3 Å². The number of hydrogen-bond donors (Lipinski definition) is 1. The lowest BCUT2D eigenvalue weighted by Crippen LogP contribution is -2.34. The summed E-state index contributed by atoms with van der Waals surface area (Å²) in [4.78, 5) is 22.4.